The summed E-state index contributed by atoms with van der Waals surface area (Å²) in [7, 11) is 0. The van der Waals surface area contributed by atoms with Gasteiger partial charge in [0.15, 0.2) is 0 Å². The van der Waals surface area contributed by atoms with Crippen molar-refractivity contribution in [3.63, 3.8) is 0 Å². The van der Waals surface area contributed by atoms with Gasteiger partial charge in [0.25, 0.3) is 0 Å². The van der Waals surface area contributed by atoms with Crippen molar-refractivity contribution in [2.24, 2.45) is 0 Å². The summed E-state index contributed by atoms with van der Waals surface area (Å²) in [5.41, 5.74) is 0. The Labute approximate surface area is 127 Å². The van der Waals surface area contributed by atoms with E-state index in [0.29, 0.717) is 17.5 Å². The van der Waals surface area contributed by atoms with Gasteiger partial charge >= 0.3 is 5.97 Å². The van der Waals surface area contributed by atoms with Crippen molar-refractivity contribution in [3.8, 4) is 5.75 Å². The van der Waals surface area contributed by atoms with Gasteiger partial charge in [0.2, 0.25) is 5.16 Å². The zero-order valence-corrected chi connectivity index (χ0v) is 12.7. The van der Waals surface area contributed by atoms with Crippen molar-refractivity contribution in [2.75, 3.05) is 12.4 Å². The molecule has 0 aliphatic heterocycles. The van der Waals surface area contributed by atoms with Crippen LogP contribution in [0, 0.1) is 0 Å². The summed E-state index contributed by atoms with van der Waals surface area (Å²) in [5, 5.41) is 20.0. The predicted octanol–water partition coefficient (Wildman–Crippen LogP) is 1.69. The van der Waals surface area contributed by atoms with Gasteiger partial charge in [-0.3, -0.25) is 4.79 Å². The van der Waals surface area contributed by atoms with E-state index < -0.39 is 5.97 Å². The fraction of sp³-hybridized carbons (Fsp3) is 0.273. The summed E-state index contributed by atoms with van der Waals surface area (Å²) in [5.74, 6) is 0.404. The number of nitrogens with zero attached hydrogens (tertiary/aromatic N) is 4. The van der Waals surface area contributed by atoms with Crippen molar-refractivity contribution in [3.05, 3.63) is 28.7 Å². The standard InChI is InChI=1S/C11H11BrN4O3S/c12-8-2-1-3-9(6-8)19-4-5-20-11-13-14-15-16(11)7-10(17)18/h1-3,6H,4-5,7H2,(H,17,18). The lowest BCUT2D eigenvalue weighted by molar-refractivity contribution is -0.138. The molecule has 0 saturated heterocycles. The number of carboxylic acids is 1. The van der Waals surface area contributed by atoms with Gasteiger partial charge in [-0.2, -0.15) is 0 Å². The lowest BCUT2D eigenvalue weighted by Gasteiger charge is -2.06. The second-order valence-corrected chi connectivity index (χ2v) is 5.64. The van der Waals surface area contributed by atoms with Crippen molar-refractivity contribution in [2.45, 2.75) is 11.7 Å². The number of hydrogen-bond acceptors (Lipinski definition) is 6. The van der Waals surface area contributed by atoms with Crippen molar-refractivity contribution < 1.29 is 14.6 Å². The fourth-order valence-electron chi connectivity index (χ4n) is 1.38. The predicted molar refractivity (Wildman–Crippen MR) is 75.8 cm³/mol. The van der Waals surface area contributed by atoms with Crippen LogP contribution in [0.4, 0.5) is 0 Å². The molecular formula is C11H11BrN4O3S. The van der Waals surface area contributed by atoms with Crippen LogP contribution < -0.4 is 4.74 Å². The molecule has 0 aliphatic carbocycles. The quantitative estimate of drug-likeness (QED) is 0.594. The number of benzene rings is 1. The zero-order chi connectivity index (χ0) is 14.4. The Hall–Kier alpha value is -1.61. The van der Waals surface area contributed by atoms with Crippen LogP contribution in [0.2, 0.25) is 0 Å². The SMILES string of the molecule is O=C(O)Cn1nnnc1SCCOc1cccc(Br)c1. The first-order chi connectivity index (χ1) is 9.65. The molecule has 0 spiro atoms. The molecule has 0 amide bonds. The van der Waals surface area contributed by atoms with E-state index in [4.69, 9.17) is 9.84 Å². The largest absolute Gasteiger partial charge is 0.493 e. The van der Waals surface area contributed by atoms with Crippen LogP contribution in [-0.2, 0) is 11.3 Å². The number of carbonyl (C=O) groups is 1. The number of hydrogen-bond donors (Lipinski definition) is 1. The smallest absolute Gasteiger partial charge is 0.325 e. The van der Waals surface area contributed by atoms with Crippen LogP contribution in [0.15, 0.2) is 33.9 Å². The van der Waals surface area contributed by atoms with E-state index in [-0.39, 0.29) is 6.54 Å². The van der Waals surface area contributed by atoms with E-state index in [9.17, 15) is 4.79 Å². The van der Waals surface area contributed by atoms with Crippen molar-refractivity contribution in [1.29, 1.82) is 0 Å². The summed E-state index contributed by atoms with van der Waals surface area (Å²) in [6.07, 6.45) is 0. The maximum Gasteiger partial charge on any atom is 0.325 e. The number of rotatable bonds is 7. The fourth-order valence-corrected chi connectivity index (χ4v) is 2.45. The number of carboxylic acid groups (broad SMARTS) is 1. The Bertz CT molecular complexity index is 593. The molecule has 20 heavy (non-hydrogen) atoms. The number of thioether (sulfide) groups is 1. The third kappa shape index (κ3) is 4.49. The van der Waals surface area contributed by atoms with Gasteiger partial charge in [0.05, 0.1) is 6.61 Å². The van der Waals surface area contributed by atoms with Crippen molar-refractivity contribution >= 4 is 33.7 Å². The van der Waals surface area contributed by atoms with Gasteiger partial charge in [-0.15, -0.1) is 5.10 Å². The third-order valence-corrected chi connectivity index (χ3v) is 3.58. The van der Waals surface area contributed by atoms with Crippen LogP contribution in [0.3, 0.4) is 0 Å². The van der Waals surface area contributed by atoms with Gasteiger partial charge in [-0.05, 0) is 28.6 Å². The normalized spacial score (nSPS) is 10.4. The molecule has 9 heteroatoms. The van der Waals surface area contributed by atoms with E-state index >= 15 is 0 Å². The van der Waals surface area contributed by atoms with Gasteiger partial charge in [-0.25, -0.2) is 4.68 Å². The molecule has 1 heterocycles. The topological polar surface area (TPSA) is 90.1 Å². The summed E-state index contributed by atoms with van der Waals surface area (Å²) >= 11 is 4.71. The molecule has 7 nitrogen and oxygen atoms in total. The molecule has 1 aromatic carbocycles. The summed E-state index contributed by atoms with van der Waals surface area (Å²) < 4.78 is 7.76. The van der Waals surface area contributed by atoms with Crippen LogP contribution in [0.5, 0.6) is 5.75 Å². The first-order valence-corrected chi connectivity index (χ1v) is 7.42. The Morgan fingerprint density at radius 3 is 3.10 bits per heavy atom. The van der Waals surface area contributed by atoms with E-state index in [1.807, 2.05) is 24.3 Å². The third-order valence-electron chi connectivity index (χ3n) is 2.16. The first kappa shape index (κ1) is 14.8. The molecule has 0 atom stereocenters. The monoisotopic (exact) mass is 358 g/mol. The highest BCUT2D eigenvalue weighted by Crippen LogP contribution is 2.19. The second kappa shape index (κ2) is 7.25. The maximum absolute atomic E-state index is 10.6. The average molecular weight is 359 g/mol. The molecule has 0 bridgehead atoms. The minimum atomic E-state index is -0.982. The van der Waals surface area contributed by atoms with Crippen LogP contribution in [0.1, 0.15) is 0 Å². The molecule has 0 saturated carbocycles. The highest BCUT2D eigenvalue weighted by molar-refractivity contribution is 9.10. The lowest BCUT2D eigenvalue weighted by Crippen LogP contribution is -2.12. The van der Waals surface area contributed by atoms with E-state index in [1.165, 1.54) is 16.4 Å². The van der Waals surface area contributed by atoms with Crippen LogP contribution >= 0.6 is 27.7 Å². The van der Waals surface area contributed by atoms with Crippen LogP contribution in [0.25, 0.3) is 0 Å². The molecule has 106 valence electrons. The summed E-state index contributed by atoms with van der Waals surface area (Å²) in [6.45, 7) is 0.225. The lowest BCUT2D eigenvalue weighted by atomic mass is 10.3. The Morgan fingerprint density at radius 1 is 1.50 bits per heavy atom. The molecule has 2 aromatic rings. The molecule has 0 radical (unpaired) electrons. The number of halogens is 1. The molecule has 2 rings (SSSR count). The van der Waals surface area contributed by atoms with Crippen LogP contribution in [-0.4, -0.2) is 43.6 Å². The Morgan fingerprint density at radius 2 is 2.35 bits per heavy atom. The van der Waals surface area contributed by atoms with Gasteiger partial charge in [0, 0.05) is 10.2 Å². The van der Waals surface area contributed by atoms with E-state index in [1.54, 1.807) is 0 Å². The molecule has 1 aromatic heterocycles. The molecular weight excluding hydrogens is 348 g/mol. The Kier molecular flexibility index (Phi) is 5.36. The second-order valence-electron chi connectivity index (χ2n) is 3.67. The minimum absolute atomic E-state index is 0.248. The van der Waals surface area contributed by atoms with E-state index in [0.717, 1.165) is 10.2 Å². The van der Waals surface area contributed by atoms with Gasteiger partial charge in [-0.1, -0.05) is 33.8 Å². The average Bonchev–Trinajstić information content (AvgIpc) is 2.81. The number of ether oxygens (including phenoxy) is 1. The number of tetrazole rings is 1. The maximum atomic E-state index is 10.6. The van der Waals surface area contributed by atoms with Crippen molar-refractivity contribution in [1.82, 2.24) is 20.2 Å². The highest BCUT2D eigenvalue weighted by Gasteiger charge is 2.09. The highest BCUT2D eigenvalue weighted by atomic mass is 79.9. The number of aliphatic carboxylic acids is 1. The molecule has 0 aliphatic rings. The first-order valence-electron chi connectivity index (χ1n) is 5.64. The summed E-state index contributed by atoms with van der Waals surface area (Å²) in [4.78, 5) is 10.6. The molecule has 0 unspecified atom stereocenters. The minimum Gasteiger partial charge on any atom is -0.493 e. The zero-order valence-electron chi connectivity index (χ0n) is 10.3. The Balaban J connectivity index is 1.79. The molecule has 1 N–H and O–H groups in total. The van der Waals surface area contributed by atoms with Gasteiger partial charge < -0.3 is 9.84 Å². The van der Waals surface area contributed by atoms with E-state index in [2.05, 4.69) is 31.5 Å². The van der Waals surface area contributed by atoms with Gasteiger partial charge in [0.1, 0.15) is 12.3 Å². The summed E-state index contributed by atoms with van der Waals surface area (Å²) in [6, 6.07) is 7.55. The molecule has 0 fully saturated rings. The number of aromatic nitrogens is 4.